The van der Waals surface area contributed by atoms with E-state index in [1.165, 1.54) is 11.1 Å². The standard InChI is InChI=1S/C36H40O4/c1-24(37)36(40-33(39)27-12-8-5-9-13-27)21-18-31-29-15-14-28-22-25(23-32(38)26-10-6-4-7-11-26)16-19-34(28,2)30(29)17-20-35(31,36)3/h4-14,22,29-31H,15-21,23H2,1-3H3/t29?,30?,31?,34-,35-,36-/m0/s1. The molecule has 2 saturated carbocycles. The Balaban J connectivity index is 1.25. The lowest BCUT2D eigenvalue weighted by atomic mass is 9.47. The third-order valence-corrected chi connectivity index (χ3v) is 11.3. The summed E-state index contributed by atoms with van der Waals surface area (Å²) in [4.78, 5) is 39.5. The SMILES string of the molecule is CC(=O)[C@@]1(OC(=O)c2ccccc2)CCC2C3CC=C4C=C(CC(=O)c5ccccc5)CC[C@]4(C)C3CC[C@@]21C. The third kappa shape index (κ3) is 4.14. The molecule has 0 N–H and O–H groups in total. The zero-order valence-electron chi connectivity index (χ0n) is 24.0. The minimum atomic E-state index is -1.07. The number of carbonyl (C=O) groups is 3. The second-order valence-corrected chi connectivity index (χ2v) is 13.1. The number of rotatable bonds is 6. The van der Waals surface area contributed by atoms with Crippen LogP contribution in [0.25, 0.3) is 0 Å². The van der Waals surface area contributed by atoms with Gasteiger partial charge < -0.3 is 4.74 Å². The van der Waals surface area contributed by atoms with Crippen LogP contribution in [0.3, 0.4) is 0 Å². The molecule has 2 aromatic rings. The van der Waals surface area contributed by atoms with Crippen LogP contribution in [0, 0.1) is 28.6 Å². The summed E-state index contributed by atoms with van der Waals surface area (Å²) < 4.78 is 6.27. The summed E-state index contributed by atoms with van der Waals surface area (Å²) in [5.74, 6) is 1.10. The molecule has 6 atom stereocenters. The molecule has 4 aliphatic rings. The number of carbonyl (C=O) groups excluding carboxylic acids is 3. The maximum atomic E-state index is 13.3. The minimum Gasteiger partial charge on any atom is -0.447 e. The van der Waals surface area contributed by atoms with Gasteiger partial charge in [-0.3, -0.25) is 9.59 Å². The molecule has 0 amide bonds. The van der Waals surface area contributed by atoms with E-state index in [4.69, 9.17) is 4.74 Å². The predicted octanol–water partition coefficient (Wildman–Crippen LogP) is 7.94. The van der Waals surface area contributed by atoms with Crippen LogP contribution >= 0.6 is 0 Å². The molecule has 6 rings (SSSR count). The van der Waals surface area contributed by atoms with Crippen molar-refractivity contribution in [1.82, 2.24) is 0 Å². The predicted molar refractivity (Wildman–Crippen MR) is 156 cm³/mol. The van der Waals surface area contributed by atoms with Gasteiger partial charge in [0.15, 0.2) is 17.2 Å². The van der Waals surface area contributed by atoms with Gasteiger partial charge in [-0.05, 0) is 92.7 Å². The highest BCUT2D eigenvalue weighted by atomic mass is 16.6. The molecular weight excluding hydrogens is 496 g/mol. The fourth-order valence-corrected chi connectivity index (χ4v) is 9.06. The van der Waals surface area contributed by atoms with Crippen LogP contribution in [0.15, 0.2) is 84.0 Å². The number of esters is 1. The lowest BCUT2D eigenvalue weighted by Crippen LogP contribution is -2.58. The molecule has 0 radical (unpaired) electrons. The molecule has 0 heterocycles. The van der Waals surface area contributed by atoms with Gasteiger partial charge in [0.2, 0.25) is 0 Å². The molecule has 0 bridgehead atoms. The van der Waals surface area contributed by atoms with E-state index >= 15 is 0 Å². The molecule has 2 aromatic carbocycles. The van der Waals surface area contributed by atoms with Gasteiger partial charge in [0.25, 0.3) is 0 Å². The van der Waals surface area contributed by atoms with Crippen LogP contribution in [-0.4, -0.2) is 23.1 Å². The van der Waals surface area contributed by atoms with Crippen LogP contribution < -0.4 is 0 Å². The van der Waals surface area contributed by atoms with Crippen molar-refractivity contribution >= 4 is 17.5 Å². The fourth-order valence-electron chi connectivity index (χ4n) is 9.06. The van der Waals surface area contributed by atoms with E-state index in [0.29, 0.717) is 36.2 Å². The molecule has 208 valence electrons. The molecule has 40 heavy (non-hydrogen) atoms. The van der Waals surface area contributed by atoms with Gasteiger partial charge in [-0.15, -0.1) is 0 Å². The van der Waals surface area contributed by atoms with E-state index < -0.39 is 11.6 Å². The topological polar surface area (TPSA) is 60.4 Å². The second-order valence-electron chi connectivity index (χ2n) is 13.1. The zero-order chi connectivity index (χ0) is 28.1. The Bertz CT molecular complexity index is 1390. The Kier molecular flexibility index (Phi) is 6.71. The molecule has 4 heteroatoms. The lowest BCUT2D eigenvalue weighted by molar-refractivity contribution is -0.160. The summed E-state index contributed by atoms with van der Waals surface area (Å²) in [7, 11) is 0. The van der Waals surface area contributed by atoms with E-state index in [0.717, 1.165) is 44.1 Å². The van der Waals surface area contributed by atoms with Gasteiger partial charge in [-0.1, -0.05) is 80.1 Å². The van der Waals surface area contributed by atoms with Crippen molar-refractivity contribution in [3.05, 3.63) is 95.1 Å². The number of hydrogen-bond donors (Lipinski definition) is 0. The maximum absolute atomic E-state index is 13.3. The summed E-state index contributed by atoms with van der Waals surface area (Å²) >= 11 is 0. The molecule has 3 unspecified atom stereocenters. The van der Waals surface area contributed by atoms with Crippen molar-refractivity contribution in [3.63, 3.8) is 0 Å². The summed E-state index contributed by atoms with van der Waals surface area (Å²) in [6.07, 6.45) is 11.6. The van der Waals surface area contributed by atoms with Crippen LogP contribution in [-0.2, 0) is 9.53 Å². The van der Waals surface area contributed by atoms with Crippen molar-refractivity contribution < 1.29 is 19.1 Å². The highest BCUT2D eigenvalue weighted by Crippen LogP contribution is 2.68. The van der Waals surface area contributed by atoms with Gasteiger partial charge >= 0.3 is 5.97 Å². The summed E-state index contributed by atoms with van der Waals surface area (Å²) in [5, 5.41) is 0. The van der Waals surface area contributed by atoms with Crippen molar-refractivity contribution in [2.24, 2.45) is 28.6 Å². The number of benzene rings is 2. The van der Waals surface area contributed by atoms with Crippen LogP contribution in [0.5, 0.6) is 0 Å². The first-order valence-electron chi connectivity index (χ1n) is 15.0. The average Bonchev–Trinajstić information content (AvgIpc) is 3.27. The van der Waals surface area contributed by atoms with Gasteiger partial charge in [0.1, 0.15) is 0 Å². The molecule has 0 aliphatic heterocycles. The number of ketones is 2. The van der Waals surface area contributed by atoms with E-state index in [2.05, 4.69) is 26.0 Å². The molecule has 0 aromatic heterocycles. The normalized spacial score (nSPS) is 34.4. The van der Waals surface area contributed by atoms with Gasteiger partial charge in [-0.25, -0.2) is 4.79 Å². The molecular formula is C36H40O4. The maximum Gasteiger partial charge on any atom is 0.339 e. The van der Waals surface area contributed by atoms with Gasteiger partial charge in [-0.2, -0.15) is 0 Å². The zero-order valence-corrected chi connectivity index (χ0v) is 24.0. The van der Waals surface area contributed by atoms with E-state index in [-0.39, 0.29) is 22.4 Å². The molecule has 4 aliphatic carbocycles. The summed E-state index contributed by atoms with van der Waals surface area (Å²) in [5.41, 5.74) is 2.54. The number of fused-ring (bicyclic) bond motifs is 5. The highest BCUT2D eigenvalue weighted by Gasteiger charge is 2.67. The van der Waals surface area contributed by atoms with Crippen molar-refractivity contribution in [3.8, 4) is 0 Å². The Morgan fingerprint density at radius 2 is 1.50 bits per heavy atom. The van der Waals surface area contributed by atoms with E-state index in [9.17, 15) is 14.4 Å². The highest BCUT2D eigenvalue weighted by molar-refractivity contribution is 5.97. The van der Waals surface area contributed by atoms with Crippen molar-refractivity contribution in [1.29, 1.82) is 0 Å². The minimum absolute atomic E-state index is 0.0215. The summed E-state index contributed by atoms with van der Waals surface area (Å²) in [6.45, 7) is 6.26. The second kappa shape index (κ2) is 9.98. The monoisotopic (exact) mass is 536 g/mol. The number of allylic oxidation sites excluding steroid dienone is 4. The van der Waals surface area contributed by atoms with Crippen molar-refractivity contribution in [2.75, 3.05) is 0 Å². The third-order valence-electron chi connectivity index (χ3n) is 11.3. The van der Waals surface area contributed by atoms with Crippen LogP contribution in [0.1, 0.15) is 92.9 Å². The Hall–Kier alpha value is -3.27. The Morgan fingerprint density at radius 1 is 0.850 bits per heavy atom. The smallest absolute Gasteiger partial charge is 0.339 e. The largest absolute Gasteiger partial charge is 0.447 e. The molecule has 0 saturated heterocycles. The van der Waals surface area contributed by atoms with Crippen molar-refractivity contribution in [2.45, 2.75) is 77.7 Å². The first-order chi connectivity index (χ1) is 19.2. The molecule has 4 nitrogen and oxygen atoms in total. The molecule has 0 spiro atoms. The van der Waals surface area contributed by atoms with E-state index in [1.54, 1.807) is 19.1 Å². The first-order valence-corrected chi connectivity index (χ1v) is 15.0. The quantitative estimate of drug-likeness (QED) is 0.278. The lowest BCUT2D eigenvalue weighted by Gasteiger charge is -2.58. The first kappa shape index (κ1) is 26.9. The Labute approximate surface area is 237 Å². The number of Topliss-reactive ketones (excluding diaryl/α,β-unsaturated/α-hetero) is 2. The average molecular weight is 537 g/mol. The number of ether oxygens (including phenoxy) is 1. The van der Waals surface area contributed by atoms with Crippen LogP contribution in [0.4, 0.5) is 0 Å². The number of hydrogen-bond acceptors (Lipinski definition) is 4. The van der Waals surface area contributed by atoms with E-state index in [1.807, 2.05) is 48.5 Å². The Morgan fingerprint density at radius 3 is 2.17 bits per heavy atom. The summed E-state index contributed by atoms with van der Waals surface area (Å²) in [6, 6.07) is 18.6. The fraction of sp³-hybridized carbons (Fsp3) is 0.472. The van der Waals surface area contributed by atoms with Gasteiger partial charge in [0.05, 0.1) is 5.56 Å². The van der Waals surface area contributed by atoms with Gasteiger partial charge in [0, 0.05) is 17.4 Å². The molecule has 2 fully saturated rings. The van der Waals surface area contributed by atoms with Crippen LogP contribution in [0.2, 0.25) is 0 Å².